The summed E-state index contributed by atoms with van der Waals surface area (Å²) in [6.07, 6.45) is 5.32. The Morgan fingerprint density at radius 2 is 2.14 bits per heavy atom. The first-order valence-corrected chi connectivity index (χ1v) is 8.81. The minimum absolute atomic E-state index is 0.0986. The molecule has 1 aliphatic rings. The van der Waals surface area contributed by atoms with E-state index >= 15 is 0 Å². The van der Waals surface area contributed by atoms with Crippen LogP contribution in [-0.2, 0) is 11.2 Å². The molecule has 0 spiro atoms. The Bertz CT molecular complexity index is 1090. The van der Waals surface area contributed by atoms with Crippen molar-refractivity contribution in [3.63, 3.8) is 0 Å². The van der Waals surface area contributed by atoms with Gasteiger partial charge in [0.25, 0.3) is 5.88 Å². The van der Waals surface area contributed by atoms with E-state index in [1.807, 2.05) is 6.07 Å². The number of Topliss-reactive ketones (excluding diaryl/α,β-unsaturated/α-hetero) is 1. The minimum Gasteiger partial charge on any atom is -0.479 e. The van der Waals surface area contributed by atoms with Crippen LogP contribution in [0.25, 0.3) is 6.08 Å². The fourth-order valence-electron chi connectivity index (χ4n) is 2.76. The fourth-order valence-corrected chi connectivity index (χ4v) is 2.76. The lowest BCUT2D eigenvalue weighted by molar-refractivity contribution is -0.134. The lowest BCUT2D eigenvalue weighted by atomic mass is 10.1. The van der Waals surface area contributed by atoms with Gasteiger partial charge in [-0.05, 0) is 35.0 Å². The summed E-state index contributed by atoms with van der Waals surface area (Å²) in [5.74, 6) is 1.01. The van der Waals surface area contributed by atoms with Crippen LogP contribution in [0.3, 0.4) is 0 Å². The van der Waals surface area contributed by atoms with E-state index in [0.717, 1.165) is 5.56 Å². The van der Waals surface area contributed by atoms with Gasteiger partial charge in [0.1, 0.15) is 17.3 Å². The van der Waals surface area contributed by atoms with Gasteiger partial charge in [0.2, 0.25) is 5.78 Å². The van der Waals surface area contributed by atoms with Crippen LogP contribution in [0.15, 0.2) is 59.1 Å². The monoisotopic (exact) mass is 392 g/mol. The van der Waals surface area contributed by atoms with Crippen molar-refractivity contribution >= 4 is 17.8 Å². The van der Waals surface area contributed by atoms with E-state index < -0.39 is 5.97 Å². The van der Waals surface area contributed by atoms with Crippen LogP contribution in [0.1, 0.15) is 28.1 Å². The molecule has 4 rings (SSSR count). The molecule has 1 aliphatic heterocycles. The van der Waals surface area contributed by atoms with Gasteiger partial charge in [-0.3, -0.25) is 14.6 Å². The van der Waals surface area contributed by atoms with E-state index in [1.54, 1.807) is 42.7 Å². The summed E-state index contributed by atoms with van der Waals surface area (Å²) in [6.45, 7) is 0. The summed E-state index contributed by atoms with van der Waals surface area (Å²) in [5.41, 5.74) is 1.16. The lowest BCUT2D eigenvalue weighted by Gasteiger charge is -2.05. The summed E-state index contributed by atoms with van der Waals surface area (Å²) >= 11 is 0. The van der Waals surface area contributed by atoms with Crippen molar-refractivity contribution in [2.75, 3.05) is 7.11 Å². The van der Waals surface area contributed by atoms with E-state index in [0.29, 0.717) is 35.1 Å². The van der Waals surface area contributed by atoms with E-state index in [9.17, 15) is 9.59 Å². The Balaban J connectivity index is 1.40. The number of benzene rings is 1. The summed E-state index contributed by atoms with van der Waals surface area (Å²) in [5, 5.41) is 3.67. The number of hydrogen-bond donors (Lipinski definition) is 0. The third kappa shape index (κ3) is 4.16. The molecule has 0 atom stereocenters. The number of rotatable bonds is 6. The van der Waals surface area contributed by atoms with Crippen LogP contribution in [-0.4, -0.2) is 29.0 Å². The van der Waals surface area contributed by atoms with Crippen molar-refractivity contribution in [2.45, 2.75) is 12.8 Å². The summed E-state index contributed by atoms with van der Waals surface area (Å²) in [4.78, 5) is 28.6. The molecule has 146 valence electrons. The standard InChI is InChI=1S/C21H16N2O6/c1-26-19-11-15(29-23-19)5-7-20(24)27-14-4-6-16-17(10-14)28-18(21(16)25)9-13-3-2-8-22-12-13/h2-4,6,8-12H,5,7H2,1H3/b18-9-. The average Bonchev–Trinajstić information content (AvgIpc) is 3.32. The van der Waals surface area contributed by atoms with Crippen LogP contribution in [0, 0.1) is 0 Å². The molecule has 0 unspecified atom stereocenters. The van der Waals surface area contributed by atoms with Crippen molar-refractivity contribution < 1.29 is 28.3 Å². The first-order chi connectivity index (χ1) is 14.1. The number of nitrogens with zero attached hydrogens (tertiary/aromatic N) is 2. The predicted molar refractivity (Wildman–Crippen MR) is 101 cm³/mol. The number of methoxy groups -OCH3 is 1. The van der Waals surface area contributed by atoms with Gasteiger partial charge in [0.15, 0.2) is 5.76 Å². The third-order valence-electron chi connectivity index (χ3n) is 4.18. The zero-order valence-corrected chi connectivity index (χ0v) is 15.5. The second kappa shape index (κ2) is 7.97. The highest BCUT2D eigenvalue weighted by Gasteiger charge is 2.28. The van der Waals surface area contributed by atoms with Gasteiger partial charge < -0.3 is 18.7 Å². The van der Waals surface area contributed by atoms with Gasteiger partial charge >= 0.3 is 5.97 Å². The van der Waals surface area contributed by atoms with Gasteiger partial charge in [-0.2, -0.15) is 0 Å². The van der Waals surface area contributed by atoms with Crippen LogP contribution in [0.4, 0.5) is 0 Å². The molecule has 0 aliphatic carbocycles. The number of ether oxygens (including phenoxy) is 3. The molecule has 0 amide bonds. The van der Waals surface area contributed by atoms with Crippen LogP contribution in [0.5, 0.6) is 17.4 Å². The molecule has 8 heteroatoms. The topological polar surface area (TPSA) is 101 Å². The SMILES string of the molecule is COc1cc(CCC(=O)Oc2ccc3c(c2)O/C(=C\c2cccnc2)C3=O)on1. The molecule has 0 saturated heterocycles. The number of allylic oxidation sites excluding steroid dienone is 1. The molecule has 0 saturated carbocycles. The molecule has 1 aromatic carbocycles. The normalized spacial score (nSPS) is 13.8. The minimum atomic E-state index is -0.448. The zero-order valence-electron chi connectivity index (χ0n) is 15.5. The highest BCUT2D eigenvalue weighted by molar-refractivity contribution is 6.14. The maximum absolute atomic E-state index is 12.5. The number of pyridine rings is 1. The number of aryl methyl sites for hydroxylation is 1. The second-order valence-corrected chi connectivity index (χ2v) is 6.19. The maximum Gasteiger partial charge on any atom is 0.311 e. The molecule has 0 N–H and O–H groups in total. The average molecular weight is 392 g/mol. The first-order valence-electron chi connectivity index (χ1n) is 8.81. The zero-order chi connectivity index (χ0) is 20.2. The number of hydrogen-bond acceptors (Lipinski definition) is 8. The lowest BCUT2D eigenvalue weighted by Crippen LogP contribution is -2.08. The molecule has 2 aromatic heterocycles. The predicted octanol–water partition coefficient (Wildman–Crippen LogP) is 3.23. The molecule has 8 nitrogen and oxygen atoms in total. The van der Waals surface area contributed by atoms with Crippen molar-refractivity contribution in [3.05, 3.63) is 71.4 Å². The molecule has 0 bridgehead atoms. The van der Waals surface area contributed by atoms with E-state index in [-0.39, 0.29) is 18.0 Å². The largest absolute Gasteiger partial charge is 0.479 e. The van der Waals surface area contributed by atoms with Crippen molar-refractivity contribution in [1.29, 1.82) is 0 Å². The summed E-state index contributed by atoms with van der Waals surface area (Å²) in [7, 11) is 1.48. The molecule has 3 aromatic rings. The Kier molecular flexibility index (Phi) is 5.07. The summed E-state index contributed by atoms with van der Waals surface area (Å²) < 4.78 is 20.9. The van der Waals surface area contributed by atoms with E-state index in [4.69, 9.17) is 18.7 Å². The Labute approximate surface area is 165 Å². The van der Waals surface area contributed by atoms with Crippen LogP contribution >= 0.6 is 0 Å². The number of ketones is 1. The molecule has 3 heterocycles. The van der Waals surface area contributed by atoms with E-state index in [2.05, 4.69) is 10.1 Å². The number of carbonyl (C=O) groups is 2. The van der Waals surface area contributed by atoms with Gasteiger partial charge in [0.05, 0.1) is 19.1 Å². The van der Waals surface area contributed by atoms with E-state index in [1.165, 1.54) is 13.2 Å². The highest BCUT2D eigenvalue weighted by Crippen LogP contribution is 2.35. The van der Waals surface area contributed by atoms with Crippen molar-refractivity contribution in [2.24, 2.45) is 0 Å². The number of aromatic nitrogens is 2. The Hall–Kier alpha value is -3.94. The first kappa shape index (κ1) is 18.4. The molecule has 0 radical (unpaired) electrons. The highest BCUT2D eigenvalue weighted by atomic mass is 16.5. The van der Waals surface area contributed by atoms with Gasteiger partial charge in [0, 0.05) is 30.9 Å². The van der Waals surface area contributed by atoms with Crippen molar-refractivity contribution in [1.82, 2.24) is 10.1 Å². The number of fused-ring (bicyclic) bond motifs is 1. The molecular weight excluding hydrogens is 376 g/mol. The molecule has 29 heavy (non-hydrogen) atoms. The van der Waals surface area contributed by atoms with Crippen LogP contribution < -0.4 is 14.2 Å². The maximum atomic E-state index is 12.5. The van der Waals surface area contributed by atoms with Crippen LogP contribution in [0.2, 0.25) is 0 Å². The quantitative estimate of drug-likeness (QED) is 0.358. The second-order valence-electron chi connectivity index (χ2n) is 6.19. The molecule has 0 fully saturated rings. The number of esters is 1. The van der Waals surface area contributed by atoms with Gasteiger partial charge in [-0.15, -0.1) is 0 Å². The Morgan fingerprint density at radius 1 is 1.24 bits per heavy atom. The van der Waals surface area contributed by atoms with Gasteiger partial charge in [-0.1, -0.05) is 6.07 Å². The fraction of sp³-hybridized carbons (Fsp3) is 0.143. The molecular formula is C21H16N2O6. The van der Waals surface area contributed by atoms with Crippen molar-refractivity contribution in [3.8, 4) is 17.4 Å². The number of carbonyl (C=O) groups excluding carboxylic acids is 2. The van der Waals surface area contributed by atoms with Gasteiger partial charge in [-0.25, -0.2) is 0 Å². The Morgan fingerprint density at radius 3 is 2.90 bits per heavy atom. The summed E-state index contributed by atoms with van der Waals surface area (Å²) in [6, 6.07) is 9.85. The smallest absolute Gasteiger partial charge is 0.311 e. The third-order valence-corrected chi connectivity index (χ3v) is 4.18.